The Bertz CT molecular complexity index is 727. The normalized spacial score (nSPS) is 18.2. The number of rotatable bonds is 3. The van der Waals surface area contributed by atoms with Crippen molar-refractivity contribution in [2.45, 2.75) is 20.1 Å². The standard InChI is InChI=1S/C16H20N4O/c1-3-11-5-4-6-13-12(11)7-14-16(19-9-18-2)15(8-17)21-10-20(13)14/h4-8,18H,3,9-10,17H2,1-2H3. The molecule has 0 radical (unpaired) electrons. The van der Waals surface area contributed by atoms with Crippen LogP contribution in [0.15, 0.2) is 41.2 Å². The fourth-order valence-corrected chi connectivity index (χ4v) is 2.76. The first-order chi connectivity index (χ1) is 10.3. The molecule has 2 heterocycles. The summed E-state index contributed by atoms with van der Waals surface area (Å²) in [7, 11) is 1.87. The third-order valence-electron chi connectivity index (χ3n) is 3.79. The Kier molecular flexibility index (Phi) is 3.66. The highest BCUT2D eigenvalue weighted by Crippen LogP contribution is 2.29. The van der Waals surface area contributed by atoms with Crippen molar-refractivity contribution in [3.05, 3.63) is 47.5 Å². The van der Waals surface area contributed by atoms with Crippen molar-refractivity contribution in [3.8, 4) is 0 Å². The molecule has 1 aliphatic heterocycles. The molecule has 0 spiro atoms. The Balaban J connectivity index is 2.23. The lowest BCUT2D eigenvalue weighted by Gasteiger charge is -2.22. The first kappa shape index (κ1) is 13.7. The number of nitrogens with zero attached hydrogens (tertiary/aromatic N) is 2. The molecule has 3 rings (SSSR count). The van der Waals surface area contributed by atoms with Crippen molar-refractivity contribution in [1.82, 2.24) is 9.88 Å². The number of aliphatic imine (C=N–C) groups is 1. The molecule has 1 aliphatic rings. The number of hydrogen-bond acceptors (Lipinski definition) is 4. The van der Waals surface area contributed by atoms with Crippen LogP contribution < -0.4 is 11.1 Å². The third-order valence-corrected chi connectivity index (χ3v) is 3.79. The molecule has 21 heavy (non-hydrogen) atoms. The second-order valence-electron chi connectivity index (χ2n) is 4.98. The van der Waals surface area contributed by atoms with Crippen LogP contribution in [-0.2, 0) is 17.9 Å². The van der Waals surface area contributed by atoms with Gasteiger partial charge in [-0.25, -0.2) is 0 Å². The number of aromatic nitrogens is 1. The fourth-order valence-electron chi connectivity index (χ4n) is 2.76. The predicted molar refractivity (Wildman–Crippen MR) is 85.1 cm³/mol. The minimum absolute atomic E-state index is 0.466. The third kappa shape index (κ3) is 2.19. The number of allylic oxidation sites excluding steroid dienone is 1. The van der Waals surface area contributed by atoms with E-state index in [1.165, 1.54) is 22.7 Å². The summed E-state index contributed by atoms with van der Waals surface area (Å²) in [5.41, 5.74) is 10.0. The maximum absolute atomic E-state index is 5.74. The Morgan fingerprint density at radius 1 is 1.48 bits per heavy atom. The van der Waals surface area contributed by atoms with Gasteiger partial charge in [0.05, 0.1) is 17.9 Å². The van der Waals surface area contributed by atoms with E-state index in [2.05, 4.69) is 46.1 Å². The largest absolute Gasteiger partial charge is 0.469 e. The van der Waals surface area contributed by atoms with Crippen LogP contribution >= 0.6 is 0 Å². The average molecular weight is 284 g/mol. The van der Waals surface area contributed by atoms with E-state index in [9.17, 15) is 0 Å². The molecule has 2 aromatic rings. The Morgan fingerprint density at radius 3 is 3.05 bits per heavy atom. The lowest BCUT2D eigenvalue weighted by Crippen LogP contribution is -2.24. The molecule has 0 fully saturated rings. The monoisotopic (exact) mass is 284 g/mol. The van der Waals surface area contributed by atoms with Crippen LogP contribution in [0.1, 0.15) is 18.2 Å². The van der Waals surface area contributed by atoms with Crippen molar-refractivity contribution < 1.29 is 4.74 Å². The lowest BCUT2D eigenvalue weighted by atomic mass is 10.1. The molecule has 0 bridgehead atoms. The summed E-state index contributed by atoms with van der Waals surface area (Å²) < 4.78 is 7.89. The minimum atomic E-state index is 0.466. The molecular weight excluding hydrogens is 264 g/mol. The Morgan fingerprint density at radius 2 is 2.33 bits per heavy atom. The first-order valence-corrected chi connectivity index (χ1v) is 7.15. The Labute approximate surface area is 124 Å². The van der Waals surface area contributed by atoms with E-state index in [0.717, 1.165) is 17.8 Å². The van der Waals surface area contributed by atoms with Crippen LogP contribution in [0.25, 0.3) is 10.9 Å². The molecule has 0 unspecified atom stereocenters. The first-order valence-electron chi connectivity index (χ1n) is 7.15. The summed E-state index contributed by atoms with van der Waals surface area (Å²) in [5.74, 6) is 0.638. The van der Waals surface area contributed by atoms with Gasteiger partial charge in [0.1, 0.15) is 5.71 Å². The molecule has 0 amide bonds. The van der Waals surface area contributed by atoms with E-state index < -0.39 is 0 Å². The molecule has 0 atom stereocenters. The SMILES string of the molecule is CCc1cccc2c1cc1n2COC(=CN)C1=NCNC. The van der Waals surface area contributed by atoms with E-state index in [1.54, 1.807) is 0 Å². The van der Waals surface area contributed by atoms with Gasteiger partial charge in [0.25, 0.3) is 0 Å². The maximum Gasteiger partial charge on any atom is 0.165 e. The van der Waals surface area contributed by atoms with Gasteiger partial charge in [-0.3, -0.25) is 4.99 Å². The summed E-state index contributed by atoms with van der Waals surface area (Å²) in [6.07, 6.45) is 2.49. The van der Waals surface area contributed by atoms with Gasteiger partial charge in [-0.05, 0) is 31.2 Å². The number of aryl methyl sites for hydroxylation is 1. The van der Waals surface area contributed by atoms with Crippen LogP contribution in [0.2, 0.25) is 0 Å². The highest BCUT2D eigenvalue weighted by Gasteiger charge is 2.24. The van der Waals surface area contributed by atoms with Crippen molar-refractivity contribution >= 4 is 16.6 Å². The van der Waals surface area contributed by atoms with Gasteiger partial charge < -0.3 is 20.4 Å². The highest BCUT2D eigenvalue weighted by atomic mass is 16.5. The van der Waals surface area contributed by atoms with E-state index in [0.29, 0.717) is 19.2 Å². The van der Waals surface area contributed by atoms with Crippen molar-refractivity contribution in [2.24, 2.45) is 10.7 Å². The van der Waals surface area contributed by atoms with Gasteiger partial charge in [0.15, 0.2) is 12.5 Å². The van der Waals surface area contributed by atoms with Crippen LogP contribution in [0.5, 0.6) is 0 Å². The fraction of sp³-hybridized carbons (Fsp3) is 0.312. The van der Waals surface area contributed by atoms with Gasteiger partial charge in [0.2, 0.25) is 0 Å². The van der Waals surface area contributed by atoms with Gasteiger partial charge in [0, 0.05) is 11.6 Å². The van der Waals surface area contributed by atoms with Gasteiger partial charge >= 0.3 is 0 Å². The lowest BCUT2D eigenvalue weighted by molar-refractivity contribution is 0.154. The average Bonchev–Trinajstić information content (AvgIpc) is 2.91. The van der Waals surface area contributed by atoms with Gasteiger partial charge in [-0.1, -0.05) is 19.1 Å². The molecular formula is C16H20N4O. The summed E-state index contributed by atoms with van der Waals surface area (Å²) in [4.78, 5) is 4.56. The van der Waals surface area contributed by atoms with Crippen molar-refractivity contribution in [1.29, 1.82) is 0 Å². The molecule has 0 saturated carbocycles. The number of nitrogens with one attached hydrogen (secondary N) is 1. The summed E-state index contributed by atoms with van der Waals surface area (Å²) in [6, 6.07) is 8.56. The van der Waals surface area contributed by atoms with Crippen LogP contribution in [-0.4, -0.2) is 24.0 Å². The van der Waals surface area contributed by atoms with Crippen LogP contribution in [0, 0.1) is 0 Å². The highest BCUT2D eigenvalue weighted by molar-refractivity contribution is 6.13. The second-order valence-corrected chi connectivity index (χ2v) is 4.98. The van der Waals surface area contributed by atoms with E-state index >= 15 is 0 Å². The number of hydrogen-bond donors (Lipinski definition) is 2. The maximum atomic E-state index is 5.74. The van der Waals surface area contributed by atoms with Crippen LogP contribution in [0.4, 0.5) is 0 Å². The number of fused-ring (bicyclic) bond motifs is 3. The quantitative estimate of drug-likeness (QED) is 0.905. The van der Waals surface area contributed by atoms with Crippen molar-refractivity contribution in [2.75, 3.05) is 13.7 Å². The smallest absolute Gasteiger partial charge is 0.165 e. The number of ether oxygens (including phenoxy) is 1. The zero-order chi connectivity index (χ0) is 14.8. The molecule has 110 valence electrons. The summed E-state index contributed by atoms with van der Waals surface area (Å²) >= 11 is 0. The number of nitrogens with two attached hydrogens (primary N) is 1. The second kappa shape index (κ2) is 5.61. The molecule has 5 nitrogen and oxygen atoms in total. The zero-order valence-electron chi connectivity index (χ0n) is 12.4. The molecule has 0 aliphatic carbocycles. The molecule has 1 aromatic heterocycles. The predicted octanol–water partition coefficient (Wildman–Crippen LogP) is 1.96. The topological polar surface area (TPSA) is 64.6 Å². The van der Waals surface area contributed by atoms with Gasteiger partial charge in [-0.2, -0.15) is 0 Å². The molecule has 3 N–H and O–H groups in total. The van der Waals surface area contributed by atoms with E-state index in [4.69, 9.17) is 10.5 Å². The van der Waals surface area contributed by atoms with Crippen molar-refractivity contribution in [3.63, 3.8) is 0 Å². The minimum Gasteiger partial charge on any atom is -0.469 e. The Hall–Kier alpha value is -2.27. The van der Waals surface area contributed by atoms with E-state index in [-0.39, 0.29) is 0 Å². The van der Waals surface area contributed by atoms with E-state index in [1.807, 2.05) is 7.05 Å². The van der Waals surface area contributed by atoms with Crippen LogP contribution in [0.3, 0.4) is 0 Å². The molecule has 0 saturated heterocycles. The zero-order valence-corrected chi connectivity index (χ0v) is 12.4. The number of benzene rings is 1. The summed E-state index contributed by atoms with van der Waals surface area (Å²) in [5, 5.41) is 4.28. The molecule has 1 aromatic carbocycles. The van der Waals surface area contributed by atoms with Gasteiger partial charge in [-0.15, -0.1) is 0 Å². The molecule has 5 heteroatoms. The summed E-state index contributed by atoms with van der Waals surface area (Å²) in [6.45, 7) is 3.16.